The van der Waals surface area contributed by atoms with E-state index in [0.29, 0.717) is 0 Å². The molecule has 1 N–H and O–H groups in total. The fraction of sp³-hybridized carbons (Fsp3) is 0.0625. The summed E-state index contributed by atoms with van der Waals surface area (Å²) < 4.78 is 0. The van der Waals surface area contributed by atoms with Gasteiger partial charge in [-0.25, -0.2) is 0 Å². The van der Waals surface area contributed by atoms with Gasteiger partial charge in [0.25, 0.3) is 0 Å². The summed E-state index contributed by atoms with van der Waals surface area (Å²) in [4.78, 5) is 0. The molecule has 0 aliphatic rings. The molecule has 0 fully saturated rings. The third-order valence-corrected chi connectivity index (χ3v) is 2.37. The zero-order valence-electron chi connectivity index (χ0n) is 9.77. The molecule has 0 bridgehead atoms. The second-order valence-electron chi connectivity index (χ2n) is 3.82. The number of nitrogens with one attached hydrogen (secondary N) is 1. The molecule has 0 unspecified atom stereocenters. The number of rotatable bonds is 2. The first-order valence-electron chi connectivity index (χ1n) is 5.56. The lowest BCUT2D eigenvalue weighted by atomic mass is 10.1. The number of benzene rings is 2. The summed E-state index contributed by atoms with van der Waals surface area (Å²) >= 11 is 0. The molecule has 0 saturated carbocycles. The summed E-state index contributed by atoms with van der Waals surface area (Å²) in [6.07, 6.45) is 0. The van der Waals surface area contributed by atoms with E-state index in [1.54, 1.807) is 0 Å². The summed E-state index contributed by atoms with van der Waals surface area (Å²) in [6, 6.07) is 21.1. The van der Waals surface area contributed by atoms with Crippen LogP contribution in [0.25, 0.3) is 0 Å². The van der Waals surface area contributed by atoms with Crippen LogP contribution in [0.5, 0.6) is 0 Å². The van der Waals surface area contributed by atoms with Gasteiger partial charge in [-0.2, -0.15) is 17.7 Å². The van der Waals surface area contributed by atoms with E-state index in [4.69, 9.17) is 0 Å². The maximum atomic E-state index is 3.03. The third kappa shape index (κ3) is 3.62. The largest absolute Gasteiger partial charge is 0.374 e. The second kappa shape index (κ2) is 5.67. The monoisotopic (exact) mass is 220 g/mol. The standard InChI is InChI=1S/C16H14N/c1-14-7-9-16(10-8-14)13-17-12-11-15-5-3-2-4-6-15/h2-10,13,17H,1H3/q-1. The maximum absolute atomic E-state index is 3.03. The van der Waals surface area contributed by atoms with Crippen molar-refractivity contribution in [3.8, 4) is 12.0 Å². The fourth-order valence-corrected chi connectivity index (χ4v) is 1.41. The molecule has 1 nitrogen and oxygen atoms in total. The van der Waals surface area contributed by atoms with E-state index < -0.39 is 0 Å². The van der Waals surface area contributed by atoms with Crippen LogP contribution in [-0.4, -0.2) is 0 Å². The van der Waals surface area contributed by atoms with Crippen LogP contribution >= 0.6 is 0 Å². The van der Waals surface area contributed by atoms with Gasteiger partial charge in [0, 0.05) is 11.6 Å². The van der Waals surface area contributed by atoms with Crippen molar-refractivity contribution in [3.63, 3.8) is 0 Å². The van der Waals surface area contributed by atoms with Crippen LogP contribution in [0.2, 0.25) is 0 Å². The van der Waals surface area contributed by atoms with E-state index in [1.807, 2.05) is 36.9 Å². The highest BCUT2D eigenvalue weighted by molar-refractivity contribution is 5.34. The van der Waals surface area contributed by atoms with Gasteiger partial charge < -0.3 is 5.32 Å². The predicted octanol–water partition coefficient (Wildman–Crippen LogP) is 3.10. The first-order valence-corrected chi connectivity index (χ1v) is 5.56. The molecular weight excluding hydrogens is 206 g/mol. The van der Waals surface area contributed by atoms with Crippen LogP contribution in [0.3, 0.4) is 0 Å². The Hall–Kier alpha value is -2.33. The van der Waals surface area contributed by atoms with Crippen molar-refractivity contribution >= 4 is 0 Å². The summed E-state index contributed by atoms with van der Waals surface area (Å²) in [5.74, 6) is 3.03. The normalized spacial score (nSPS) is 9.00. The molecule has 0 heterocycles. The van der Waals surface area contributed by atoms with Crippen LogP contribution in [0, 0.1) is 25.4 Å². The van der Waals surface area contributed by atoms with Crippen molar-refractivity contribution in [2.75, 3.05) is 0 Å². The molecule has 0 aliphatic carbocycles. The Morgan fingerprint density at radius 1 is 0.941 bits per heavy atom. The van der Waals surface area contributed by atoms with Gasteiger partial charge in [-0.1, -0.05) is 30.3 Å². The smallest absolute Gasteiger partial charge is 0.0263 e. The average molecular weight is 220 g/mol. The molecule has 0 amide bonds. The molecule has 84 valence electrons. The minimum absolute atomic E-state index is 1.01. The van der Waals surface area contributed by atoms with Crippen molar-refractivity contribution in [2.24, 2.45) is 0 Å². The Bertz CT molecular complexity index is 515. The van der Waals surface area contributed by atoms with E-state index in [2.05, 4.69) is 48.5 Å². The Morgan fingerprint density at radius 3 is 2.35 bits per heavy atom. The third-order valence-electron chi connectivity index (χ3n) is 2.37. The predicted molar refractivity (Wildman–Crippen MR) is 71.0 cm³/mol. The van der Waals surface area contributed by atoms with Gasteiger partial charge in [0.05, 0.1) is 0 Å². The Labute approximate surface area is 102 Å². The molecule has 0 aromatic heterocycles. The van der Waals surface area contributed by atoms with Gasteiger partial charge in [0.15, 0.2) is 0 Å². The quantitative estimate of drug-likeness (QED) is 0.466. The van der Waals surface area contributed by atoms with Gasteiger partial charge in [0.1, 0.15) is 0 Å². The highest BCUT2D eigenvalue weighted by Gasteiger charge is 1.82. The number of hydrogen-bond donors (Lipinski definition) is 1. The Balaban J connectivity index is 1.88. The van der Waals surface area contributed by atoms with Crippen LogP contribution in [0.15, 0.2) is 54.6 Å². The Kier molecular flexibility index (Phi) is 3.72. The van der Waals surface area contributed by atoms with Crippen molar-refractivity contribution in [2.45, 2.75) is 6.92 Å². The average Bonchev–Trinajstić information content (AvgIpc) is 2.38. The van der Waals surface area contributed by atoms with E-state index in [9.17, 15) is 0 Å². The van der Waals surface area contributed by atoms with Gasteiger partial charge >= 0.3 is 0 Å². The molecule has 2 rings (SSSR count). The van der Waals surface area contributed by atoms with Crippen molar-refractivity contribution in [3.05, 3.63) is 77.8 Å². The molecule has 2 aromatic rings. The summed E-state index contributed by atoms with van der Waals surface area (Å²) in [5.41, 5.74) is 3.40. The van der Waals surface area contributed by atoms with Crippen molar-refractivity contribution in [1.29, 1.82) is 0 Å². The van der Waals surface area contributed by atoms with Crippen molar-refractivity contribution < 1.29 is 0 Å². The van der Waals surface area contributed by atoms with E-state index in [-0.39, 0.29) is 0 Å². The van der Waals surface area contributed by atoms with Gasteiger partial charge in [-0.15, -0.1) is 12.1 Å². The van der Waals surface area contributed by atoms with Crippen LogP contribution in [0.4, 0.5) is 0 Å². The summed E-state index contributed by atoms with van der Waals surface area (Å²) in [5, 5.41) is 2.98. The van der Waals surface area contributed by atoms with Crippen LogP contribution < -0.4 is 5.32 Å². The van der Waals surface area contributed by atoms with Gasteiger partial charge in [0.2, 0.25) is 0 Å². The first kappa shape index (κ1) is 11.2. The molecule has 2 aromatic carbocycles. The zero-order chi connectivity index (χ0) is 11.9. The molecule has 17 heavy (non-hydrogen) atoms. The highest BCUT2D eigenvalue weighted by atomic mass is 14.8. The number of aryl methyl sites for hydroxylation is 1. The Morgan fingerprint density at radius 2 is 1.65 bits per heavy atom. The molecule has 1 heteroatoms. The van der Waals surface area contributed by atoms with Crippen LogP contribution in [0.1, 0.15) is 16.7 Å². The van der Waals surface area contributed by atoms with E-state index in [1.165, 1.54) is 5.56 Å². The SMILES string of the molecule is Cc1ccc([CH-]NC#Cc2ccccc2)cc1. The summed E-state index contributed by atoms with van der Waals surface area (Å²) in [6.45, 7) is 3.97. The first-order chi connectivity index (χ1) is 8.34. The van der Waals surface area contributed by atoms with Gasteiger partial charge in [-0.3, -0.25) is 0 Å². The van der Waals surface area contributed by atoms with E-state index in [0.717, 1.165) is 11.1 Å². The molecule has 0 radical (unpaired) electrons. The molecule has 0 aliphatic heterocycles. The lowest BCUT2D eigenvalue weighted by molar-refractivity contribution is 1.13. The minimum atomic E-state index is 1.01. The molecule has 0 spiro atoms. The molecular formula is C16H14N-. The highest BCUT2D eigenvalue weighted by Crippen LogP contribution is 2.03. The maximum Gasteiger partial charge on any atom is 0.0263 e. The van der Waals surface area contributed by atoms with Crippen LogP contribution in [-0.2, 0) is 0 Å². The molecule has 0 saturated heterocycles. The van der Waals surface area contributed by atoms with Gasteiger partial charge in [-0.05, 0) is 25.0 Å². The topological polar surface area (TPSA) is 12.0 Å². The van der Waals surface area contributed by atoms with Crippen molar-refractivity contribution in [1.82, 2.24) is 5.32 Å². The lowest BCUT2D eigenvalue weighted by Crippen LogP contribution is -2.01. The number of hydrogen-bond acceptors (Lipinski definition) is 1. The molecule has 0 atom stereocenters. The summed E-state index contributed by atoms with van der Waals surface area (Å²) in [7, 11) is 0. The fourth-order valence-electron chi connectivity index (χ4n) is 1.41. The lowest BCUT2D eigenvalue weighted by Gasteiger charge is -2.08. The second-order valence-corrected chi connectivity index (χ2v) is 3.82. The zero-order valence-corrected chi connectivity index (χ0v) is 9.77. The van der Waals surface area contributed by atoms with E-state index >= 15 is 0 Å². The minimum Gasteiger partial charge on any atom is -0.374 e.